The van der Waals surface area contributed by atoms with Gasteiger partial charge in [0.25, 0.3) is 5.97 Å². The number of aryl methyl sites for hydroxylation is 1. The third kappa shape index (κ3) is 6.55. The summed E-state index contributed by atoms with van der Waals surface area (Å²) in [5, 5.41) is 20.6. The van der Waals surface area contributed by atoms with Crippen LogP contribution in [0.4, 0.5) is 0 Å². The Bertz CT molecular complexity index is 632. The number of carboxylic acid groups (broad SMARTS) is 1. The van der Waals surface area contributed by atoms with Gasteiger partial charge in [-0.1, -0.05) is 11.8 Å². The third-order valence-electron chi connectivity index (χ3n) is 3.95. The van der Waals surface area contributed by atoms with Crippen LogP contribution in [0.3, 0.4) is 0 Å². The fourth-order valence-electron chi connectivity index (χ4n) is 2.75. The lowest BCUT2D eigenvalue weighted by Crippen LogP contribution is -2.27. The topological polar surface area (TPSA) is 93.2 Å². The molecule has 7 nitrogen and oxygen atoms in total. The highest BCUT2D eigenvalue weighted by atomic mass is 32.2. The number of piperidine rings is 1. The van der Waals surface area contributed by atoms with Crippen LogP contribution >= 0.6 is 11.8 Å². The summed E-state index contributed by atoms with van der Waals surface area (Å²) in [7, 11) is 2.09. The van der Waals surface area contributed by atoms with Crippen LogP contribution < -0.4 is 5.32 Å². The molecule has 0 amide bonds. The number of rotatable bonds is 6. The van der Waals surface area contributed by atoms with Gasteiger partial charge in [-0.15, -0.1) is 10.2 Å². The van der Waals surface area contributed by atoms with Crippen LogP contribution in [-0.4, -0.2) is 44.7 Å². The lowest BCUT2D eigenvalue weighted by atomic mass is 9.97. The molecular formula is C17H26N4O3S. The van der Waals surface area contributed by atoms with E-state index in [4.69, 9.17) is 14.3 Å². The van der Waals surface area contributed by atoms with Crippen molar-refractivity contribution in [2.24, 2.45) is 7.05 Å². The quantitative estimate of drug-likeness (QED) is 0.600. The van der Waals surface area contributed by atoms with Crippen LogP contribution in [0.15, 0.2) is 28.0 Å². The minimum atomic E-state index is -0.833. The number of hydrogen-bond acceptors (Lipinski definition) is 6. The van der Waals surface area contributed by atoms with Gasteiger partial charge < -0.3 is 19.4 Å². The van der Waals surface area contributed by atoms with E-state index in [1.165, 1.54) is 0 Å². The summed E-state index contributed by atoms with van der Waals surface area (Å²) in [5.41, 5.74) is 0. The molecule has 25 heavy (non-hydrogen) atoms. The molecule has 0 saturated carbocycles. The minimum Gasteiger partial charge on any atom is -0.481 e. The first-order valence-electron chi connectivity index (χ1n) is 8.52. The van der Waals surface area contributed by atoms with Crippen molar-refractivity contribution < 1.29 is 14.3 Å². The predicted octanol–water partition coefficient (Wildman–Crippen LogP) is 2.69. The molecule has 0 bridgehead atoms. The maximum atomic E-state index is 9.00. The molecule has 0 unspecified atom stereocenters. The Balaban J connectivity index is 0.000000511. The SMILES string of the molecule is CC(=O)O.Cn1c(SCCCc2ccco2)nnc1C1CCNCC1. The fraction of sp³-hybridized carbons (Fsp3) is 0.588. The summed E-state index contributed by atoms with van der Waals surface area (Å²) in [6.45, 7) is 3.26. The van der Waals surface area contributed by atoms with Crippen molar-refractivity contribution in [1.29, 1.82) is 0 Å². The summed E-state index contributed by atoms with van der Waals surface area (Å²) < 4.78 is 7.52. The minimum absolute atomic E-state index is 0.557. The molecule has 2 aromatic heterocycles. The van der Waals surface area contributed by atoms with Crippen molar-refractivity contribution in [2.45, 2.75) is 43.7 Å². The maximum absolute atomic E-state index is 9.00. The second kappa shape index (κ2) is 10.2. The molecule has 2 aromatic rings. The summed E-state index contributed by atoms with van der Waals surface area (Å²) in [4.78, 5) is 9.00. The van der Waals surface area contributed by atoms with Gasteiger partial charge in [0, 0.05) is 32.1 Å². The zero-order valence-electron chi connectivity index (χ0n) is 14.8. The number of hydrogen-bond donors (Lipinski definition) is 2. The van der Waals surface area contributed by atoms with E-state index in [9.17, 15) is 0 Å². The van der Waals surface area contributed by atoms with Crippen LogP contribution in [0.2, 0.25) is 0 Å². The van der Waals surface area contributed by atoms with Crippen molar-refractivity contribution in [3.8, 4) is 0 Å². The Morgan fingerprint density at radius 3 is 2.80 bits per heavy atom. The van der Waals surface area contributed by atoms with Gasteiger partial charge in [0.2, 0.25) is 0 Å². The third-order valence-corrected chi connectivity index (χ3v) is 5.06. The Kier molecular flexibility index (Phi) is 8.00. The largest absolute Gasteiger partial charge is 0.481 e. The Morgan fingerprint density at radius 2 is 2.16 bits per heavy atom. The molecule has 1 saturated heterocycles. The first-order chi connectivity index (χ1) is 12.1. The Morgan fingerprint density at radius 1 is 1.44 bits per heavy atom. The van der Waals surface area contributed by atoms with Crippen molar-refractivity contribution in [3.05, 3.63) is 30.0 Å². The van der Waals surface area contributed by atoms with Crippen molar-refractivity contribution >= 4 is 17.7 Å². The molecular weight excluding hydrogens is 340 g/mol. The van der Waals surface area contributed by atoms with E-state index in [2.05, 4.69) is 27.1 Å². The summed E-state index contributed by atoms with van der Waals surface area (Å²) >= 11 is 1.79. The average molecular weight is 366 g/mol. The number of thioether (sulfide) groups is 1. The van der Waals surface area contributed by atoms with E-state index < -0.39 is 5.97 Å². The Hall–Kier alpha value is -1.80. The van der Waals surface area contributed by atoms with Gasteiger partial charge in [-0.3, -0.25) is 4.79 Å². The highest BCUT2D eigenvalue weighted by Gasteiger charge is 2.21. The smallest absolute Gasteiger partial charge is 0.300 e. The van der Waals surface area contributed by atoms with E-state index >= 15 is 0 Å². The van der Waals surface area contributed by atoms with E-state index in [-0.39, 0.29) is 0 Å². The van der Waals surface area contributed by atoms with Gasteiger partial charge in [-0.2, -0.15) is 0 Å². The zero-order chi connectivity index (χ0) is 18.1. The van der Waals surface area contributed by atoms with Crippen molar-refractivity contribution in [1.82, 2.24) is 20.1 Å². The zero-order valence-corrected chi connectivity index (χ0v) is 15.6. The first-order valence-corrected chi connectivity index (χ1v) is 9.51. The van der Waals surface area contributed by atoms with Gasteiger partial charge in [-0.25, -0.2) is 0 Å². The van der Waals surface area contributed by atoms with E-state index in [0.29, 0.717) is 5.92 Å². The normalized spacial score (nSPS) is 14.8. The number of nitrogens with zero attached hydrogens (tertiary/aromatic N) is 3. The highest BCUT2D eigenvalue weighted by molar-refractivity contribution is 7.99. The molecule has 0 aliphatic carbocycles. The molecule has 2 N–H and O–H groups in total. The van der Waals surface area contributed by atoms with E-state index in [1.807, 2.05) is 12.1 Å². The lowest BCUT2D eigenvalue weighted by molar-refractivity contribution is -0.134. The second-order valence-corrected chi connectivity index (χ2v) is 7.04. The standard InChI is InChI=1S/C15H22N4OS.C2H4O2/c1-19-14(12-6-8-16-9-7-12)17-18-15(19)21-11-3-5-13-4-2-10-20-13;1-2(3)4/h2,4,10,12,16H,3,5-9,11H2,1H3;1H3,(H,3,4). The summed E-state index contributed by atoms with van der Waals surface area (Å²) in [6.07, 6.45) is 6.13. The van der Waals surface area contributed by atoms with Crippen LogP contribution in [-0.2, 0) is 18.3 Å². The molecule has 0 aromatic carbocycles. The fourth-order valence-corrected chi connectivity index (χ4v) is 3.61. The van der Waals surface area contributed by atoms with E-state index in [1.54, 1.807) is 18.0 Å². The Labute approximate surface area is 152 Å². The lowest BCUT2D eigenvalue weighted by Gasteiger charge is -2.21. The molecule has 1 aliphatic heterocycles. The van der Waals surface area contributed by atoms with Gasteiger partial charge in [0.1, 0.15) is 11.6 Å². The molecule has 1 fully saturated rings. The molecule has 0 radical (unpaired) electrons. The van der Waals surface area contributed by atoms with Gasteiger partial charge in [0.05, 0.1) is 6.26 Å². The number of carbonyl (C=O) groups is 1. The number of aromatic nitrogens is 3. The molecule has 8 heteroatoms. The molecule has 0 atom stereocenters. The van der Waals surface area contributed by atoms with Crippen LogP contribution in [0.25, 0.3) is 0 Å². The molecule has 3 heterocycles. The summed E-state index contributed by atoms with van der Waals surface area (Å²) in [5.74, 6) is 2.97. The van der Waals surface area contributed by atoms with Crippen LogP contribution in [0.5, 0.6) is 0 Å². The van der Waals surface area contributed by atoms with Gasteiger partial charge in [0.15, 0.2) is 5.16 Å². The van der Waals surface area contributed by atoms with E-state index in [0.717, 1.165) is 68.2 Å². The van der Waals surface area contributed by atoms with Crippen LogP contribution in [0.1, 0.15) is 43.7 Å². The molecule has 138 valence electrons. The van der Waals surface area contributed by atoms with Gasteiger partial charge >= 0.3 is 0 Å². The number of furan rings is 1. The predicted molar refractivity (Wildman–Crippen MR) is 96.9 cm³/mol. The number of aliphatic carboxylic acids is 1. The maximum Gasteiger partial charge on any atom is 0.300 e. The number of carboxylic acids is 1. The average Bonchev–Trinajstić information content (AvgIpc) is 3.22. The molecule has 1 aliphatic rings. The number of nitrogens with one attached hydrogen (secondary N) is 1. The van der Waals surface area contributed by atoms with Crippen LogP contribution in [0, 0.1) is 0 Å². The monoisotopic (exact) mass is 366 g/mol. The summed E-state index contributed by atoms with van der Waals surface area (Å²) in [6, 6.07) is 3.97. The van der Waals surface area contributed by atoms with Crippen molar-refractivity contribution in [2.75, 3.05) is 18.8 Å². The highest BCUT2D eigenvalue weighted by Crippen LogP contribution is 2.26. The van der Waals surface area contributed by atoms with Crippen molar-refractivity contribution in [3.63, 3.8) is 0 Å². The molecule has 3 rings (SSSR count). The first kappa shape index (κ1) is 19.5. The van der Waals surface area contributed by atoms with Gasteiger partial charge in [-0.05, 0) is 44.5 Å². The molecule has 0 spiro atoms. The second-order valence-electron chi connectivity index (χ2n) is 5.97.